The molecule has 2 rings (SSSR count). The van der Waals surface area contributed by atoms with Gasteiger partial charge in [0.2, 0.25) is 0 Å². The summed E-state index contributed by atoms with van der Waals surface area (Å²) in [5.74, 6) is -0.268. The lowest BCUT2D eigenvalue weighted by Gasteiger charge is -2.21. The molecular formula is C15H19NO5. The SMILES string of the molecule is CCOc1ccc(C(=O)N(CC(=O)O)C2CC2)cc1OC. The van der Waals surface area contributed by atoms with Gasteiger partial charge >= 0.3 is 5.97 Å². The molecular weight excluding hydrogens is 274 g/mol. The lowest BCUT2D eigenvalue weighted by Crippen LogP contribution is -2.37. The van der Waals surface area contributed by atoms with Crippen LogP contribution in [0.15, 0.2) is 18.2 Å². The number of nitrogens with zero attached hydrogens (tertiary/aromatic N) is 1. The van der Waals surface area contributed by atoms with Gasteiger partial charge in [0.05, 0.1) is 13.7 Å². The third-order valence-electron chi connectivity index (χ3n) is 3.26. The van der Waals surface area contributed by atoms with E-state index in [1.807, 2.05) is 6.92 Å². The molecule has 1 aliphatic carbocycles. The zero-order chi connectivity index (χ0) is 15.4. The van der Waals surface area contributed by atoms with E-state index >= 15 is 0 Å². The predicted molar refractivity (Wildman–Crippen MR) is 75.9 cm³/mol. The quantitative estimate of drug-likeness (QED) is 0.829. The number of benzene rings is 1. The van der Waals surface area contributed by atoms with Crippen LogP contribution in [0.2, 0.25) is 0 Å². The van der Waals surface area contributed by atoms with Crippen LogP contribution in [0.5, 0.6) is 11.5 Å². The summed E-state index contributed by atoms with van der Waals surface area (Å²) in [7, 11) is 1.50. The third kappa shape index (κ3) is 3.65. The van der Waals surface area contributed by atoms with Crippen molar-refractivity contribution >= 4 is 11.9 Å². The van der Waals surface area contributed by atoms with E-state index in [0.717, 1.165) is 12.8 Å². The van der Waals surface area contributed by atoms with Crippen molar-refractivity contribution in [3.05, 3.63) is 23.8 Å². The fraction of sp³-hybridized carbons (Fsp3) is 0.467. The topological polar surface area (TPSA) is 76.1 Å². The van der Waals surface area contributed by atoms with Crippen molar-refractivity contribution in [3.63, 3.8) is 0 Å². The molecule has 114 valence electrons. The van der Waals surface area contributed by atoms with Crippen LogP contribution in [0, 0.1) is 0 Å². The first-order valence-corrected chi connectivity index (χ1v) is 6.90. The number of carbonyl (C=O) groups excluding carboxylic acids is 1. The molecule has 1 saturated carbocycles. The normalized spacial score (nSPS) is 13.6. The summed E-state index contributed by atoms with van der Waals surface area (Å²) in [5.41, 5.74) is 0.406. The lowest BCUT2D eigenvalue weighted by molar-refractivity contribution is -0.137. The van der Waals surface area contributed by atoms with Gasteiger partial charge in [0.1, 0.15) is 6.54 Å². The number of carbonyl (C=O) groups is 2. The second-order valence-corrected chi connectivity index (χ2v) is 4.86. The molecule has 0 bridgehead atoms. The first-order valence-electron chi connectivity index (χ1n) is 6.90. The molecule has 0 spiro atoms. The summed E-state index contributed by atoms with van der Waals surface area (Å²) in [4.78, 5) is 24.8. The summed E-state index contributed by atoms with van der Waals surface area (Å²) in [5, 5.41) is 8.93. The monoisotopic (exact) mass is 293 g/mol. The number of methoxy groups -OCH3 is 1. The van der Waals surface area contributed by atoms with Crippen molar-refractivity contribution in [1.82, 2.24) is 4.90 Å². The number of carboxylic acids is 1. The van der Waals surface area contributed by atoms with E-state index < -0.39 is 5.97 Å². The van der Waals surface area contributed by atoms with E-state index in [9.17, 15) is 9.59 Å². The molecule has 0 radical (unpaired) electrons. The molecule has 1 amide bonds. The Hall–Kier alpha value is -2.24. The molecule has 0 heterocycles. The van der Waals surface area contributed by atoms with Gasteiger partial charge in [0, 0.05) is 11.6 Å². The number of hydrogen-bond acceptors (Lipinski definition) is 4. The molecule has 21 heavy (non-hydrogen) atoms. The Bertz CT molecular complexity index is 539. The third-order valence-corrected chi connectivity index (χ3v) is 3.26. The lowest BCUT2D eigenvalue weighted by atomic mass is 10.1. The number of carboxylic acid groups (broad SMARTS) is 1. The van der Waals surface area contributed by atoms with Gasteiger partial charge in [-0.2, -0.15) is 0 Å². The van der Waals surface area contributed by atoms with Gasteiger partial charge in [-0.05, 0) is 38.0 Å². The van der Waals surface area contributed by atoms with E-state index in [1.54, 1.807) is 18.2 Å². The van der Waals surface area contributed by atoms with Crippen LogP contribution in [0.4, 0.5) is 0 Å². The zero-order valence-corrected chi connectivity index (χ0v) is 12.2. The summed E-state index contributed by atoms with van der Waals surface area (Å²) < 4.78 is 10.6. The van der Waals surface area contributed by atoms with Crippen molar-refractivity contribution in [2.75, 3.05) is 20.3 Å². The fourth-order valence-electron chi connectivity index (χ4n) is 2.14. The van der Waals surface area contributed by atoms with Crippen LogP contribution in [-0.4, -0.2) is 48.2 Å². The Kier molecular flexibility index (Phi) is 4.67. The Morgan fingerprint density at radius 1 is 1.33 bits per heavy atom. The summed E-state index contributed by atoms with van der Waals surface area (Å²) in [6.45, 7) is 2.08. The van der Waals surface area contributed by atoms with Crippen molar-refractivity contribution < 1.29 is 24.2 Å². The first kappa shape index (κ1) is 15.2. The standard InChI is InChI=1S/C15H19NO5/c1-3-21-12-7-4-10(8-13(12)20-2)15(19)16(9-14(17)18)11-5-6-11/h4,7-8,11H,3,5-6,9H2,1-2H3,(H,17,18). The predicted octanol–water partition coefficient (Wildman–Crippen LogP) is 1.78. The number of rotatable bonds is 7. The summed E-state index contributed by atoms with van der Waals surface area (Å²) in [6.07, 6.45) is 1.71. The number of amides is 1. The maximum Gasteiger partial charge on any atom is 0.323 e. The molecule has 0 unspecified atom stereocenters. The van der Waals surface area contributed by atoms with Gasteiger partial charge in [-0.15, -0.1) is 0 Å². The van der Waals surface area contributed by atoms with E-state index in [0.29, 0.717) is 23.7 Å². The second kappa shape index (κ2) is 6.47. The average molecular weight is 293 g/mol. The molecule has 1 aromatic carbocycles. The van der Waals surface area contributed by atoms with Crippen LogP contribution in [0.25, 0.3) is 0 Å². The largest absolute Gasteiger partial charge is 0.493 e. The van der Waals surface area contributed by atoms with Gasteiger partial charge in [0.15, 0.2) is 11.5 Å². The second-order valence-electron chi connectivity index (χ2n) is 4.86. The van der Waals surface area contributed by atoms with Crippen molar-refractivity contribution in [2.45, 2.75) is 25.8 Å². The van der Waals surface area contributed by atoms with Crippen LogP contribution >= 0.6 is 0 Å². The molecule has 0 atom stereocenters. The van der Waals surface area contributed by atoms with E-state index in [-0.39, 0.29) is 18.5 Å². The van der Waals surface area contributed by atoms with Crippen LogP contribution in [-0.2, 0) is 4.79 Å². The molecule has 1 aliphatic rings. The minimum atomic E-state index is -1.01. The van der Waals surface area contributed by atoms with Gasteiger partial charge in [0.25, 0.3) is 5.91 Å². The highest BCUT2D eigenvalue weighted by atomic mass is 16.5. The van der Waals surface area contributed by atoms with E-state index in [4.69, 9.17) is 14.6 Å². The minimum absolute atomic E-state index is 0.0335. The summed E-state index contributed by atoms with van der Waals surface area (Å²) >= 11 is 0. The molecule has 1 N–H and O–H groups in total. The minimum Gasteiger partial charge on any atom is -0.493 e. The molecule has 0 aliphatic heterocycles. The van der Waals surface area contributed by atoms with Gasteiger partial charge in [-0.25, -0.2) is 0 Å². The summed E-state index contributed by atoms with van der Waals surface area (Å²) in [6, 6.07) is 4.92. The molecule has 1 aromatic rings. The maximum absolute atomic E-state index is 12.5. The van der Waals surface area contributed by atoms with Crippen molar-refractivity contribution in [3.8, 4) is 11.5 Å². The van der Waals surface area contributed by atoms with Crippen LogP contribution in [0.3, 0.4) is 0 Å². The Morgan fingerprint density at radius 3 is 2.57 bits per heavy atom. The Labute approximate surface area is 123 Å². The average Bonchev–Trinajstić information content (AvgIpc) is 3.29. The number of hydrogen-bond donors (Lipinski definition) is 1. The number of aliphatic carboxylic acids is 1. The Morgan fingerprint density at radius 2 is 2.05 bits per heavy atom. The van der Waals surface area contributed by atoms with Gasteiger partial charge in [-0.3, -0.25) is 9.59 Å². The molecule has 6 nitrogen and oxygen atoms in total. The van der Waals surface area contributed by atoms with Crippen LogP contribution < -0.4 is 9.47 Å². The maximum atomic E-state index is 12.5. The Balaban J connectivity index is 2.22. The van der Waals surface area contributed by atoms with E-state index in [2.05, 4.69) is 0 Å². The molecule has 0 aromatic heterocycles. The molecule has 0 saturated heterocycles. The zero-order valence-electron chi connectivity index (χ0n) is 12.2. The first-order chi connectivity index (χ1) is 10.1. The molecule has 6 heteroatoms. The highest BCUT2D eigenvalue weighted by Gasteiger charge is 2.34. The smallest absolute Gasteiger partial charge is 0.323 e. The van der Waals surface area contributed by atoms with Crippen molar-refractivity contribution in [1.29, 1.82) is 0 Å². The molecule has 1 fully saturated rings. The highest BCUT2D eigenvalue weighted by Crippen LogP contribution is 2.31. The van der Waals surface area contributed by atoms with Crippen molar-refractivity contribution in [2.24, 2.45) is 0 Å². The highest BCUT2D eigenvalue weighted by molar-refractivity contribution is 5.96. The van der Waals surface area contributed by atoms with Crippen LogP contribution in [0.1, 0.15) is 30.1 Å². The van der Waals surface area contributed by atoms with E-state index in [1.165, 1.54) is 12.0 Å². The van der Waals surface area contributed by atoms with Gasteiger partial charge < -0.3 is 19.5 Å². The number of ether oxygens (including phenoxy) is 2. The van der Waals surface area contributed by atoms with Gasteiger partial charge in [-0.1, -0.05) is 0 Å². The fourth-order valence-corrected chi connectivity index (χ4v) is 2.14.